The molecule has 1 N–H and O–H groups in total. The molecule has 1 heterocycles. The minimum atomic E-state index is 0.0296. The molecule has 0 saturated carbocycles. The lowest BCUT2D eigenvalue weighted by molar-refractivity contribution is -0.122. The van der Waals surface area contributed by atoms with E-state index in [1.807, 2.05) is 19.2 Å². The summed E-state index contributed by atoms with van der Waals surface area (Å²) in [6, 6.07) is 12.6. The van der Waals surface area contributed by atoms with Crippen molar-refractivity contribution in [3.63, 3.8) is 0 Å². The maximum Gasteiger partial charge on any atom is 0.234 e. The van der Waals surface area contributed by atoms with Crippen LogP contribution >= 0.6 is 0 Å². The molecule has 116 valence electrons. The Morgan fingerprint density at radius 1 is 1.32 bits per heavy atom. The van der Waals surface area contributed by atoms with Crippen LogP contribution < -0.4 is 5.32 Å². The van der Waals surface area contributed by atoms with Crippen molar-refractivity contribution in [3.8, 4) is 0 Å². The Kier molecular flexibility index (Phi) is 4.59. The number of fused-ring (bicyclic) bond motifs is 1. The number of furan rings is 1. The van der Waals surface area contributed by atoms with Crippen LogP contribution in [0.15, 0.2) is 47.1 Å². The average Bonchev–Trinajstić information content (AvgIpc) is 3.06. The van der Waals surface area contributed by atoms with Gasteiger partial charge in [0, 0.05) is 6.04 Å². The highest BCUT2D eigenvalue weighted by Crippen LogP contribution is 2.33. The number of amides is 1. The Morgan fingerprint density at radius 2 is 2.18 bits per heavy atom. The van der Waals surface area contributed by atoms with E-state index in [9.17, 15) is 4.79 Å². The van der Waals surface area contributed by atoms with E-state index in [0.29, 0.717) is 19.1 Å². The van der Waals surface area contributed by atoms with Crippen molar-refractivity contribution in [2.24, 2.45) is 0 Å². The maximum atomic E-state index is 12.1. The molecule has 1 amide bonds. The molecule has 0 aliphatic heterocycles. The molecule has 0 spiro atoms. The predicted octanol–water partition coefficient (Wildman–Crippen LogP) is 2.91. The van der Waals surface area contributed by atoms with E-state index in [4.69, 9.17) is 4.42 Å². The molecule has 3 rings (SSSR count). The zero-order chi connectivity index (χ0) is 15.4. The quantitative estimate of drug-likeness (QED) is 0.923. The highest BCUT2D eigenvalue weighted by molar-refractivity contribution is 5.78. The van der Waals surface area contributed by atoms with Gasteiger partial charge >= 0.3 is 0 Å². The molecule has 0 fully saturated rings. The predicted molar refractivity (Wildman–Crippen MR) is 85.3 cm³/mol. The van der Waals surface area contributed by atoms with Gasteiger partial charge in [-0.3, -0.25) is 9.69 Å². The molecule has 0 saturated heterocycles. The highest BCUT2D eigenvalue weighted by Gasteiger charge is 2.24. The van der Waals surface area contributed by atoms with Gasteiger partial charge in [-0.1, -0.05) is 24.3 Å². The van der Waals surface area contributed by atoms with E-state index >= 15 is 0 Å². The molecule has 0 bridgehead atoms. The zero-order valence-corrected chi connectivity index (χ0v) is 12.9. The summed E-state index contributed by atoms with van der Waals surface area (Å²) in [5.41, 5.74) is 2.79. The number of carbonyl (C=O) groups is 1. The molecule has 1 aliphatic carbocycles. The van der Waals surface area contributed by atoms with Crippen molar-refractivity contribution in [2.75, 3.05) is 13.6 Å². The van der Waals surface area contributed by atoms with Gasteiger partial charge in [0.25, 0.3) is 0 Å². The molecule has 4 nitrogen and oxygen atoms in total. The zero-order valence-electron chi connectivity index (χ0n) is 12.9. The summed E-state index contributed by atoms with van der Waals surface area (Å²) in [4.78, 5) is 14.3. The fourth-order valence-electron chi connectivity index (χ4n) is 3.18. The lowest BCUT2D eigenvalue weighted by Crippen LogP contribution is -2.37. The van der Waals surface area contributed by atoms with Crippen LogP contribution in [-0.2, 0) is 17.8 Å². The second-order valence-electron chi connectivity index (χ2n) is 5.88. The summed E-state index contributed by atoms with van der Waals surface area (Å²) in [5, 5.41) is 2.90. The Bertz CT molecular complexity index is 622. The van der Waals surface area contributed by atoms with E-state index in [0.717, 1.165) is 18.6 Å². The molecular formula is C18H22N2O2. The third kappa shape index (κ3) is 3.39. The highest BCUT2D eigenvalue weighted by atomic mass is 16.3. The number of aryl methyl sites for hydroxylation is 1. The van der Waals surface area contributed by atoms with Crippen molar-refractivity contribution in [1.29, 1.82) is 0 Å². The first-order chi connectivity index (χ1) is 10.7. The monoisotopic (exact) mass is 298 g/mol. The lowest BCUT2D eigenvalue weighted by atomic mass is 9.87. The van der Waals surface area contributed by atoms with Gasteiger partial charge in [-0.05, 0) is 49.6 Å². The first kappa shape index (κ1) is 14.9. The van der Waals surface area contributed by atoms with Crippen LogP contribution in [0, 0.1) is 0 Å². The Balaban J connectivity index is 1.58. The average molecular weight is 298 g/mol. The number of nitrogens with one attached hydrogen (secondary N) is 1. The van der Waals surface area contributed by atoms with Crippen LogP contribution in [0.4, 0.5) is 0 Å². The van der Waals surface area contributed by atoms with E-state index in [2.05, 4.69) is 34.5 Å². The second kappa shape index (κ2) is 6.79. The summed E-state index contributed by atoms with van der Waals surface area (Å²) >= 11 is 0. The van der Waals surface area contributed by atoms with Crippen LogP contribution in [-0.4, -0.2) is 24.4 Å². The van der Waals surface area contributed by atoms with Crippen LogP contribution in [0.3, 0.4) is 0 Å². The van der Waals surface area contributed by atoms with Crippen LogP contribution in [0.5, 0.6) is 0 Å². The van der Waals surface area contributed by atoms with Gasteiger partial charge in [-0.25, -0.2) is 0 Å². The summed E-state index contributed by atoms with van der Waals surface area (Å²) in [6.45, 7) is 0.848. The summed E-state index contributed by atoms with van der Waals surface area (Å²) in [6.07, 6.45) is 5.05. The van der Waals surface area contributed by atoms with Gasteiger partial charge in [-0.2, -0.15) is 0 Å². The third-order valence-corrected chi connectivity index (χ3v) is 4.30. The number of hydrogen-bond donors (Lipinski definition) is 1. The number of hydrogen-bond acceptors (Lipinski definition) is 3. The number of benzene rings is 1. The molecule has 2 aromatic rings. The molecule has 0 unspecified atom stereocenters. The molecule has 4 heteroatoms. The fraction of sp³-hybridized carbons (Fsp3) is 0.389. The van der Waals surface area contributed by atoms with E-state index < -0.39 is 0 Å². The fourth-order valence-corrected chi connectivity index (χ4v) is 3.18. The van der Waals surface area contributed by atoms with E-state index in [-0.39, 0.29) is 5.91 Å². The SMILES string of the molecule is CN(CC(=O)NCc1ccco1)[C@@H]1CCCc2ccccc21. The first-order valence-corrected chi connectivity index (χ1v) is 7.81. The standard InChI is InChI=1S/C18H22N2O2/c1-20(13-18(21)19-12-15-8-5-11-22-15)17-10-4-7-14-6-2-3-9-16(14)17/h2-3,5-6,8-9,11,17H,4,7,10,12-13H2,1H3,(H,19,21)/t17-/m1/s1. The Hall–Kier alpha value is -2.07. The Labute approximate surface area is 131 Å². The summed E-state index contributed by atoms with van der Waals surface area (Å²) in [5.74, 6) is 0.806. The summed E-state index contributed by atoms with van der Waals surface area (Å²) in [7, 11) is 2.03. The number of carbonyl (C=O) groups excluding carboxylic acids is 1. The smallest absolute Gasteiger partial charge is 0.234 e. The van der Waals surface area contributed by atoms with Crippen molar-refractivity contribution in [2.45, 2.75) is 31.8 Å². The topological polar surface area (TPSA) is 45.5 Å². The molecule has 1 aromatic carbocycles. The van der Waals surface area contributed by atoms with Gasteiger partial charge in [0.2, 0.25) is 5.91 Å². The largest absolute Gasteiger partial charge is 0.467 e. The molecule has 0 radical (unpaired) electrons. The van der Waals surface area contributed by atoms with Gasteiger partial charge in [-0.15, -0.1) is 0 Å². The van der Waals surface area contributed by atoms with Crippen molar-refractivity contribution < 1.29 is 9.21 Å². The normalized spacial score (nSPS) is 17.3. The van der Waals surface area contributed by atoms with Gasteiger partial charge < -0.3 is 9.73 Å². The van der Waals surface area contributed by atoms with Crippen molar-refractivity contribution in [3.05, 3.63) is 59.5 Å². The second-order valence-corrected chi connectivity index (χ2v) is 5.88. The van der Waals surface area contributed by atoms with E-state index in [1.165, 1.54) is 17.5 Å². The number of nitrogens with zero attached hydrogens (tertiary/aromatic N) is 1. The molecule has 22 heavy (non-hydrogen) atoms. The molecule has 1 atom stereocenters. The minimum absolute atomic E-state index is 0.0296. The van der Waals surface area contributed by atoms with Crippen LogP contribution in [0.1, 0.15) is 35.8 Å². The third-order valence-electron chi connectivity index (χ3n) is 4.30. The molecule has 1 aliphatic rings. The first-order valence-electron chi connectivity index (χ1n) is 7.81. The van der Waals surface area contributed by atoms with Gasteiger partial charge in [0.05, 0.1) is 19.4 Å². The Morgan fingerprint density at radius 3 is 3.00 bits per heavy atom. The van der Waals surface area contributed by atoms with Crippen LogP contribution in [0.25, 0.3) is 0 Å². The maximum absolute atomic E-state index is 12.1. The van der Waals surface area contributed by atoms with Crippen LogP contribution in [0.2, 0.25) is 0 Å². The molecule has 1 aromatic heterocycles. The van der Waals surface area contributed by atoms with Crippen molar-refractivity contribution in [1.82, 2.24) is 10.2 Å². The van der Waals surface area contributed by atoms with Gasteiger partial charge in [0.15, 0.2) is 0 Å². The molecular weight excluding hydrogens is 276 g/mol. The minimum Gasteiger partial charge on any atom is -0.467 e. The van der Waals surface area contributed by atoms with E-state index in [1.54, 1.807) is 6.26 Å². The number of rotatable bonds is 5. The number of likely N-dealkylation sites (N-methyl/N-ethyl adjacent to an activating group) is 1. The lowest BCUT2D eigenvalue weighted by Gasteiger charge is -2.32. The summed E-state index contributed by atoms with van der Waals surface area (Å²) < 4.78 is 5.22. The van der Waals surface area contributed by atoms with Gasteiger partial charge in [0.1, 0.15) is 5.76 Å². The van der Waals surface area contributed by atoms with Crippen molar-refractivity contribution >= 4 is 5.91 Å².